The molecule has 128 valence electrons. The predicted octanol–water partition coefficient (Wildman–Crippen LogP) is 3.51. The van der Waals surface area contributed by atoms with Crippen LogP contribution in [-0.4, -0.2) is 30.4 Å². The molecule has 0 bridgehead atoms. The number of hydrogen-bond acceptors (Lipinski definition) is 2. The first-order valence-electron chi connectivity index (χ1n) is 7.94. The highest BCUT2D eigenvalue weighted by Gasteiger charge is 2.34. The van der Waals surface area contributed by atoms with Crippen LogP contribution in [0.2, 0.25) is 5.02 Å². The maximum Gasteiger partial charge on any atom is 0.227 e. The highest BCUT2D eigenvalue weighted by molar-refractivity contribution is 6.30. The Morgan fingerprint density at radius 1 is 1.08 bits per heavy atom. The molecule has 0 radical (unpaired) electrons. The van der Waals surface area contributed by atoms with E-state index in [4.69, 9.17) is 17.3 Å². The van der Waals surface area contributed by atoms with Crippen LogP contribution in [0.4, 0.5) is 0 Å². The van der Waals surface area contributed by atoms with Gasteiger partial charge in [0.25, 0.3) is 0 Å². The quantitative estimate of drug-likeness (QED) is 0.901. The van der Waals surface area contributed by atoms with Gasteiger partial charge < -0.3 is 10.6 Å². The Kier molecular flexibility index (Phi) is 6.67. The summed E-state index contributed by atoms with van der Waals surface area (Å²) in [7, 11) is 0. The average molecular weight is 365 g/mol. The van der Waals surface area contributed by atoms with Crippen LogP contribution in [0.25, 0.3) is 0 Å². The zero-order chi connectivity index (χ0) is 16.2. The number of likely N-dealkylation sites (tertiary alicyclic amines) is 1. The summed E-state index contributed by atoms with van der Waals surface area (Å²) >= 11 is 5.89. The minimum Gasteiger partial charge on any atom is -0.341 e. The van der Waals surface area contributed by atoms with Gasteiger partial charge in [-0.05, 0) is 35.7 Å². The van der Waals surface area contributed by atoms with E-state index in [1.165, 1.54) is 5.56 Å². The number of amides is 1. The van der Waals surface area contributed by atoms with E-state index in [2.05, 4.69) is 12.1 Å². The number of nitrogens with zero attached hydrogens (tertiary/aromatic N) is 1. The van der Waals surface area contributed by atoms with Gasteiger partial charge in [0.15, 0.2) is 0 Å². The van der Waals surface area contributed by atoms with Gasteiger partial charge in [-0.25, -0.2) is 0 Å². The maximum atomic E-state index is 12.6. The lowest BCUT2D eigenvalue weighted by Gasteiger charge is -2.17. The van der Waals surface area contributed by atoms with Gasteiger partial charge >= 0.3 is 0 Å². The van der Waals surface area contributed by atoms with Gasteiger partial charge in [-0.2, -0.15) is 0 Å². The molecule has 1 aliphatic rings. The highest BCUT2D eigenvalue weighted by Crippen LogP contribution is 2.32. The molecule has 0 spiro atoms. The fourth-order valence-corrected chi connectivity index (χ4v) is 3.41. The van der Waals surface area contributed by atoms with Gasteiger partial charge in [-0.3, -0.25) is 4.79 Å². The van der Waals surface area contributed by atoms with E-state index in [1.54, 1.807) is 0 Å². The Morgan fingerprint density at radius 2 is 1.75 bits per heavy atom. The number of halogens is 2. The molecule has 2 N–H and O–H groups in total. The minimum absolute atomic E-state index is 0. The molecule has 0 aliphatic carbocycles. The fraction of sp³-hybridized carbons (Fsp3) is 0.316. The molecule has 0 aromatic heterocycles. The molecule has 24 heavy (non-hydrogen) atoms. The predicted molar refractivity (Wildman–Crippen MR) is 101 cm³/mol. The van der Waals surface area contributed by atoms with Crippen LogP contribution in [0.5, 0.6) is 0 Å². The van der Waals surface area contributed by atoms with Crippen molar-refractivity contribution in [2.75, 3.05) is 19.6 Å². The van der Waals surface area contributed by atoms with Crippen molar-refractivity contribution in [2.45, 2.75) is 12.3 Å². The molecule has 2 aromatic carbocycles. The normalized spacial score (nSPS) is 19.8. The lowest BCUT2D eigenvalue weighted by Crippen LogP contribution is -2.31. The first kappa shape index (κ1) is 18.8. The molecule has 1 heterocycles. The van der Waals surface area contributed by atoms with Crippen molar-refractivity contribution in [1.82, 2.24) is 4.90 Å². The fourth-order valence-electron chi connectivity index (χ4n) is 3.28. The molecule has 2 aromatic rings. The standard InChI is InChI=1S/C19H21ClN2O.ClH/c20-17-8-6-14(7-9-17)10-19(23)22-12-16(11-21)18(13-22)15-4-2-1-3-5-15;/h1-9,16,18H,10-13,21H2;1H/t16-,18+;/m1./s1. The first-order valence-corrected chi connectivity index (χ1v) is 8.32. The third kappa shape index (κ3) is 4.29. The summed E-state index contributed by atoms with van der Waals surface area (Å²) in [6.07, 6.45) is 0.413. The third-order valence-electron chi connectivity index (χ3n) is 4.59. The molecule has 3 rings (SSSR count). The molecule has 5 heteroatoms. The summed E-state index contributed by atoms with van der Waals surface area (Å²) in [6.45, 7) is 2.09. The minimum atomic E-state index is 0. The van der Waals surface area contributed by atoms with Crippen molar-refractivity contribution >= 4 is 29.9 Å². The first-order chi connectivity index (χ1) is 11.2. The summed E-state index contributed by atoms with van der Waals surface area (Å²) in [5.74, 6) is 0.811. The van der Waals surface area contributed by atoms with Gasteiger partial charge in [-0.1, -0.05) is 54.1 Å². The largest absolute Gasteiger partial charge is 0.341 e. The Bertz CT molecular complexity index is 661. The molecule has 1 saturated heterocycles. The number of benzene rings is 2. The van der Waals surface area contributed by atoms with Crippen molar-refractivity contribution in [3.05, 3.63) is 70.7 Å². The van der Waals surface area contributed by atoms with Gasteiger partial charge in [0.05, 0.1) is 6.42 Å². The zero-order valence-corrected chi connectivity index (χ0v) is 15.0. The summed E-state index contributed by atoms with van der Waals surface area (Å²) in [4.78, 5) is 14.5. The van der Waals surface area contributed by atoms with Crippen LogP contribution in [-0.2, 0) is 11.2 Å². The van der Waals surface area contributed by atoms with Crippen LogP contribution in [0.1, 0.15) is 17.0 Å². The molecule has 2 atom stereocenters. The molecule has 1 fully saturated rings. The SMILES string of the molecule is Cl.NC[C@@H]1CN(C(=O)Cc2ccc(Cl)cc2)C[C@H]1c1ccccc1. The second kappa shape index (κ2) is 8.52. The van der Waals surface area contributed by atoms with Crippen LogP contribution in [0.3, 0.4) is 0 Å². The van der Waals surface area contributed by atoms with Gasteiger partial charge in [-0.15, -0.1) is 12.4 Å². The van der Waals surface area contributed by atoms with E-state index < -0.39 is 0 Å². The molecular formula is C19H22Cl2N2O. The van der Waals surface area contributed by atoms with E-state index in [9.17, 15) is 4.79 Å². The molecule has 1 aliphatic heterocycles. The molecule has 0 unspecified atom stereocenters. The zero-order valence-electron chi connectivity index (χ0n) is 13.4. The maximum absolute atomic E-state index is 12.6. The van der Waals surface area contributed by atoms with Crippen LogP contribution in [0.15, 0.2) is 54.6 Å². The smallest absolute Gasteiger partial charge is 0.227 e. The second-order valence-corrected chi connectivity index (χ2v) is 6.55. The second-order valence-electron chi connectivity index (χ2n) is 6.11. The number of carbonyl (C=O) groups excluding carboxylic acids is 1. The lowest BCUT2D eigenvalue weighted by atomic mass is 9.89. The highest BCUT2D eigenvalue weighted by atomic mass is 35.5. The van der Waals surface area contributed by atoms with Crippen LogP contribution < -0.4 is 5.73 Å². The van der Waals surface area contributed by atoms with Gasteiger partial charge in [0.2, 0.25) is 5.91 Å². The summed E-state index contributed by atoms with van der Waals surface area (Å²) < 4.78 is 0. The summed E-state index contributed by atoms with van der Waals surface area (Å²) in [5, 5.41) is 0.690. The van der Waals surface area contributed by atoms with Gasteiger partial charge in [0, 0.05) is 24.0 Å². The molecule has 1 amide bonds. The van der Waals surface area contributed by atoms with Crippen molar-refractivity contribution in [3.63, 3.8) is 0 Å². The van der Waals surface area contributed by atoms with Crippen molar-refractivity contribution in [3.8, 4) is 0 Å². The topological polar surface area (TPSA) is 46.3 Å². The lowest BCUT2D eigenvalue weighted by molar-refractivity contribution is -0.129. The van der Waals surface area contributed by atoms with Crippen molar-refractivity contribution in [2.24, 2.45) is 11.7 Å². The van der Waals surface area contributed by atoms with E-state index in [0.29, 0.717) is 29.8 Å². The van der Waals surface area contributed by atoms with Crippen LogP contribution in [0, 0.1) is 5.92 Å². The summed E-state index contributed by atoms with van der Waals surface area (Å²) in [6, 6.07) is 17.8. The summed E-state index contributed by atoms with van der Waals surface area (Å²) in [5.41, 5.74) is 8.20. The number of hydrogen-bond donors (Lipinski definition) is 1. The number of carbonyl (C=O) groups is 1. The monoisotopic (exact) mass is 364 g/mol. The Balaban J connectivity index is 0.00000208. The third-order valence-corrected chi connectivity index (χ3v) is 4.84. The van der Waals surface area contributed by atoms with Crippen LogP contribution >= 0.6 is 24.0 Å². The van der Waals surface area contributed by atoms with Crippen molar-refractivity contribution in [1.29, 1.82) is 0 Å². The van der Waals surface area contributed by atoms with Crippen molar-refractivity contribution < 1.29 is 4.79 Å². The average Bonchev–Trinajstić information content (AvgIpc) is 3.02. The Labute approximate surface area is 154 Å². The van der Waals surface area contributed by atoms with E-state index in [1.807, 2.05) is 47.4 Å². The number of rotatable bonds is 4. The Morgan fingerprint density at radius 3 is 2.38 bits per heavy atom. The Hall–Kier alpha value is -1.55. The number of nitrogens with two attached hydrogens (primary N) is 1. The molecule has 3 nitrogen and oxygen atoms in total. The van der Waals surface area contributed by atoms with E-state index in [-0.39, 0.29) is 18.3 Å². The molecule has 0 saturated carbocycles. The van der Waals surface area contributed by atoms with E-state index in [0.717, 1.165) is 18.7 Å². The van der Waals surface area contributed by atoms with Gasteiger partial charge in [0.1, 0.15) is 0 Å². The van der Waals surface area contributed by atoms with E-state index >= 15 is 0 Å². The molecular weight excluding hydrogens is 343 g/mol.